The summed E-state index contributed by atoms with van der Waals surface area (Å²) in [4.78, 5) is 10.8. The van der Waals surface area contributed by atoms with Gasteiger partial charge in [0.1, 0.15) is 5.82 Å². The maximum atomic E-state index is 4.50. The Balaban J connectivity index is 0.000000581. The van der Waals surface area contributed by atoms with Crippen molar-refractivity contribution in [1.82, 2.24) is 14.9 Å². The van der Waals surface area contributed by atoms with Gasteiger partial charge in [-0.3, -0.25) is 4.90 Å². The number of aromatic nitrogens is 2. The lowest BCUT2D eigenvalue weighted by Crippen LogP contribution is -2.18. The molecule has 1 aliphatic heterocycles. The largest absolute Gasteiger partial charge is 0.333 e. The minimum absolute atomic E-state index is 0.852. The van der Waals surface area contributed by atoms with Crippen molar-refractivity contribution in [3.8, 4) is 0 Å². The Bertz CT molecular complexity index is 265. The average molecular weight is 238 g/mol. The number of hydrogen-bond donors (Lipinski definition) is 1. The standard InChI is InChI=1S/C10H15N3.C2H6.CH5N/c1-9-11-6-10(7-12-9)8-13-4-2-3-5-13;2*1-2/h6-7H,2-5,8H2,1H3;1-2H3;2H2,1H3. The molecule has 0 bridgehead atoms. The molecule has 1 aliphatic rings. The van der Waals surface area contributed by atoms with E-state index in [4.69, 9.17) is 0 Å². The summed E-state index contributed by atoms with van der Waals surface area (Å²) in [6, 6.07) is 0. The zero-order valence-corrected chi connectivity index (χ0v) is 11.6. The fraction of sp³-hybridized carbons (Fsp3) is 0.692. The van der Waals surface area contributed by atoms with Crippen molar-refractivity contribution in [3.05, 3.63) is 23.8 Å². The zero-order valence-electron chi connectivity index (χ0n) is 11.6. The molecule has 98 valence electrons. The second-order valence-corrected chi connectivity index (χ2v) is 3.62. The van der Waals surface area contributed by atoms with E-state index in [2.05, 4.69) is 20.6 Å². The lowest BCUT2D eigenvalue weighted by molar-refractivity contribution is 0.330. The van der Waals surface area contributed by atoms with Crippen LogP contribution >= 0.6 is 0 Å². The normalized spacial score (nSPS) is 14.4. The van der Waals surface area contributed by atoms with Gasteiger partial charge in [0.2, 0.25) is 0 Å². The number of nitrogens with zero attached hydrogens (tertiary/aromatic N) is 3. The molecule has 0 unspecified atom stereocenters. The highest BCUT2D eigenvalue weighted by molar-refractivity contribution is 5.04. The van der Waals surface area contributed by atoms with Gasteiger partial charge in [0.15, 0.2) is 0 Å². The Morgan fingerprint density at radius 3 is 2.06 bits per heavy atom. The zero-order chi connectivity index (χ0) is 13.1. The van der Waals surface area contributed by atoms with E-state index in [1.54, 1.807) is 0 Å². The first kappa shape index (κ1) is 16.0. The van der Waals surface area contributed by atoms with E-state index in [9.17, 15) is 0 Å². The molecule has 2 heterocycles. The molecule has 4 nitrogen and oxygen atoms in total. The molecule has 0 aromatic carbocycles. The van der Waals surface area contributed by atoms with Gasteiger partial charge in [0.05, 0.1) is 0 Å². The SMILES string of the molecule is CC.CN.Cc1ncc(CN2CCCC2)cn1. The molecule has 4 heteroatoms. The van der Waals surface area contributed by atoms with E-state index in [-0.39, 0.29) is 0 Å². The van der Waals surface area contributed by atoms with E-state index in [0.717, 1.165) is 12.4 Å². The molecule has 1 fully saturated rings. The van der Waals surface area contributed by atoms with E-state index < -0.39 is 0 Å². The molecular weight excluding hydrogens is 212 g/mol. The van der Waals surface area contributed by atoms with E-state index in [1.807, 2.05) is 33.2 Å². The van der Waals surface area contributed by atoms with E-state index in [1.165, 1.54) is 38.5 Å². The molecule has 0 spiro atoms. The molecule has 1 aromatic rings. The van der Waals surface area contributed by atoms with Crippen molar-refractivity contribution in [3.63, 3.8) is 0 Å². The summed E-state index contributed by atoms with van der Waals surface area (Å²) in [5, 5.41) is 0. The molecule has 0 radical (unpaired) electrons. The lowest BCUT2D eigenvalue weighted by atomic mass is 10.3. The molecule has 0 saturated carbocycles. The highest BCUT2D eigenvalue weighted by Crippen LogP contribution is 2.11. The Morgan fingerprint density at radius 2 is 1.59 bits per heavy atom. The maximum Gasteiger partial charge on any atom is 0.125 e. The van der Waals surface area contributed by atoms with Crippen molar-refractivity contribution in [2.75, 3.05) is 20.1 Å². The van der Waals surface area contributed by atoms with Gasteiger partial charge >= 0.3 is 0 Å². The predicted octanol–water partition coefficient (Wildman–Crippen LogP) is 1.98. The summed E-state index contributed by atoms with van der Waals surface area (Å²) in [6.07, 6.45) is 6.54. The first-order valence-corrected chi connectivity index (χ1v) is 6.42. The van der Waals surface area contributed by atoms with Gasteiger partial charge in [-0.25, -0.2) is 9.97 Å². The monoisotopic (exact) mass is 238 g/mol. The fourth-order valence-corrected chi connectivity index (χ4v) is 1.70. The quantitative estimate of drug-likeness (QED) is 0.856. The summed E-state index contributed by atoms with van der Waals surface area (Å²) in [5.74, 6) is 0.852. The first-order chi connectivity index (χ1) is 8.34. The second kappa shape index (κ2) is 10.2. The summed E-state index contributed by atoms with van der Waals surface area (Å²) in [6.45, 7) is 9.39. The third kappa shape index (κ3) is 6.34. The molecule has 2 rings (SSSR count). The van der Waals surface area contributed by atoms with Gasteiger partial charge in [0.25, 0.3) is 0 Å². The smallest absolute Gasteiger partial charge is 0.125 e. The Kier molecular flexibility index (Phi) is 9.57. The van der Waals surface area contributed by atoms with Crippen LogP contribution in [0.1, 0.15) is 38.1 Å². The topological polar surface area (TPSA) is 55.0 Å². The molecule has 0 aliphatic carbocycles. The van der Waals surface area contributed by atoms with Crippen molar-refractivity contribution >= 4 is 0 Å². The molecule has 1 saturated heterocycles. The van der Waals surface area contributed by atoms with E-state index >= 15 is 0 Å². The second-order valence-electron chi connectivity index (χ2n) is 3.62. The fourth-order valence-electron chi connectivity index (χ4n) is 1.70. The average Bonchev–Trinajstić information content (AvgIpc) is 2.90. The molecule has 1 aromatic heterocycles. The first-order valence-electron chi connectivity index (χ1n) is 6.42. The van der Waals surface area contributed by atoms with Gasteiger partial charge in [0, 0.05) is 24.5 Å². The molecular formula is C13H26N4. The van der Waals surface area contributed by atoms with Crippen LogP contribution in [0.25, 0.3) is 0 Å². The van der Waals surface area contributed by atoms with Crippen molar-refractivity contribution in [2.45, 2.75) is 40.2 Å². The van der Waals surface area contributed by atoms with Gasteiger partial charge < -0.3 is 5.73 Å². The summed E-state index contributed by atoms with van der Waals surface area (Å²) < 4.78 is 0. The summed E-state index contributed by atoms with van der Waals surface area (Å²) in [5.41, 5.74) is 5.73. The van der Waals surface area contributed by atoms with Crippen LogP contribution in [0, 0.1) is 6.92 Å². The van der Waals surface area contributed by atoms with Crippen molar-refractivity contribution < 1.29 is 0 Å². The number of rotatable bonds is 2. The van der Waals surface area contributed by atoms with Gasteiger partial charge in [-0.2, -0.15) is 0 Å². The van der Waals surface area contributed by atoms with Crippen LogP contribution in [-0.4, -0.2) is 35.0 Å². The third-order valence-electron chi connectivity index (χ3n) is 2.44. The van der Waals surface area contributed by atoms with Crippen LogP contribution in [0.2, 0.25) is 0 Å². The molecule has 0 amide bonds. The van der Waals surface area contributed by atoms with Gasteiger partial charge in [-0.15, -0.1) is 0 Å². The van der Waals surface area contributed by atoms with Crippen LogP contribution in [0.3, 0.4) is 0 Å². The molecule has 2 N–H and O–H groups in total. The highest BCUT2D eigenvalue weighted by Gasteiger charge is 2.11. The van der Waals surface area contributed by atoms with Crippen LogP contribution in [-0.2, 0) is 6.54 Å². The minimum Gasteiger partial charge on any atom is -0.333 e. The Morgan fingerprint density at radius 1 is 1.12 bits per heavy atom. The molecule has 0 atom stereocenters. The number of hydrogen-bond acceptors (Lipinski definition) is 4. The number of likely N-dealkylation sites (tertiary alicyclic amines) is 1. The van der Waals surface area contributed by atoms with Crippen molar-refractivity contribution in [1.29, 1.82) is 0 Å². The van der Waals surface area contributed by atoms with Crippen molar-refractivity contribution in [2.24, 2.45) is 5.73 Å². The highest BCUT2D eigenvalue weighted by atomic mass is 15.1. The number of nitrogens with two attached hydrogens (primary N) is 1. The van der Waals surface area contributed by atoms with E-state index in [0.29, 0.717) is 0 Å². The Hall–Kier alpha value is -1.00. The van der Waals surface area contributed by atoms with Crippen LogP contribution in [0.15, 0.2) is 12.4 Å². The summed E-state index contributed by atoms with van der Waals surface area (Å²) >= 11 is 0. The summed E-state index contributed by atoms with van der Waals surface area (Å²) in [7, 11) is 1.50. The lowest BCUT2D eigenvalue weighted by Gasteiger charge is -2.13. The third-order valence-corrected chi connectivity index (χ3v) is 2.44. The van der Waals surface area contributed by atoms with Crippen LogP contribution < -0.4 is 5.73 Å². The molecule has 17 heavy (non-hydrogen) atoms. The van der Waals surface area contributed by atoms with Gasteiger partial charge in [-0.05, 0) is 39.9 Å². The van der Waals surface area contributed by atoms with Crippen LogP contribution in [0.4, 0.5) is 0 Å². The Labute approximate surface area is 105 Å². The maximum absolute atomic E-state index is 4.50. The minimum atomic E-state index is 0.852. The van der Waals surface area contributed by atoms with Crippen LogP contribution in [0.5, 0.6) is 0 Å². The predicted molar refractivity (Wildman–Crippen MR) is 72.7 cm³/mol. The van der Waals surface area contributed by atoms with Gasteiger partial charge in [-0.1, -0.05) is 13.8 Å². The number of aryl methyl sites for hydroxylation is 1.